The van der Waals surface area contributed by atoms with Crippen LogP contribution in [0.4, 0.5) is 16.4 Å². The first-order valence-corrected chi connectivity index (χ1v) is 9.67. The van der Waals surface area contributed by atoms with E-state index >= 15 is 0 Å². The number of anilines is 1. The molecule has 0 spiro atoms. The quantitative estimate of drug-likeness (QED) is 0.414. The van der Waals surface area contributed by atoms with Gasteiger partial charge in [0.05, 0.1) is 40.7 Å². The molecule has 1 aliphatic rings. The molecular formula is C18H16N4O8S. The molecule has 12 nitrogen and oxygen atoms in total. The predicted molar refractivity (Wildman–Crippen MR) is 108 cm³/mol. The molecule has 0 atom stereocenters. The summed E-state index contributed by atoms with van der Waals surface area (Å²) < 4.78 is 4.82. The summed E-state index contributed by atoms with van der Waals surface area (Å²) in [5, 5.41) is 24.8. The minimum absolute atomic E-state index is 0.131. The Morgan fingerprint density at radius 1 is 1.13 bits per heavy atom. The van der Waals surface area contributed by atoms with Gasteiger partial charge in [0.15, 0.2) is 0 Å². The van der Waals surface area contributed by atoms with E-state index in [1.54, 1.807) is 4.90 Å². The Labute approximate surface area is 178 Å². The summed E-state index contributed by atoms with van der Waals surface area (Å²) in [6.07, 6.45) is 0.383. The van der Waals surface area contributed by atoms with Gasteiger partial charge in [-0.15, -0.1) is 11.3 Å². The van der Waals surface area contributed by atoms with Crippen molar-refractivity contribution in [1.29, 1.82) is 0 Å². The number of methoxy groups -OCH3 is 1. The van der Waals surface area contributed by atoms with Crippen molar-refractivity contribution >= 4 is 45.5 Å². The van der Waals surface area contributed by atoms with E-state index in [0.717, 1.165) is 29.5 Å². The molecule has 2 amide bonds. The third kappa shape index (κ3) is 4.35. The zero-order valence-electron chi connectivity index (χ0n) is 16.4. The fourth-order valence-electron chi connectivity index (χ4n) is 3.19. The topological polar surface area (TPSA) is 162 Å². The fraction of sp³-hybridized carbons (Fsp3) is 0.278. The molecule has 3 rings (SSSR count). The second-order valence-corrected chi connectivity index (χ2v) is 7.70. The van der Waals surface area contributed by atoms with Gasteiger partial charge in [0, 0.05) is 30.5 Å². The molecular weight excluding hydrogens is 432 g/mol. The number of esters is 1. The van der Waals surface area contributed by atoms with Crippen LogP contribution in [0.25, 0.3) is 0 Å². The number of ether oxygens (including phenoxy) is 1. The van der Waals surface area contributed by atoms with Crippen LogP contribution in [0.5, 0.6) is 0 Å². The number of benzene rings is 1. The van der Waals surface area contributed by atoms with Crippen LogP contribution in [0.2, 0.25) is 0 Å². The molecule has 0 bridgehead atoms. The van der Waals surface area contributed by atoms with E-state index < -0.39 is 33.1 Å². The second-order valence-electron chi connectivity index (χ2n) is 6.60. The highest BCUT2D eigenvalue weighted by Crippen LogP contribution is 2.38. The maximum Gasteiger partial charge on any atom is 0.341 e. The van der Waals surface area contributed by atoms with E-state index in [1.165, 1.54) is 14.0 Å². The van der Waals surface area contributed by atoms with E-state index in [9.17, 15) is 34.6 Å². The van der Waals surface area contributed by atoms with Gasteiger partial charge in [0.1, 0.15) is 5.00 Å². The van der Waals surface area contributed by atoms with Gasteiger partial charge < -0.3 is 15.0 Å². The van der Waals surface area contributed by atoms with Crippen LogP contribution in [-0.2, 0) is 22.5 Å². The van der Waals surface area contributed by atoms with Crippen LogP contribution in [0.3, 0.4) is 0 Å². The summed E-state index contributed by atoms with van der Waals surface area (Å²) in [6, 6.07) is 2.56. The lowest BCUT2D eigenvalue weighted by atomic mass is 10.0. The zero-order chi connectivity index (χ0) is 22.9. The van der Waals surface area contributed by atoms with E-state index in [0.29, 0.717) is 23.4 Å². The molecule has 0 fully saturated rings. The molecule has 1 aliphatic heterocycles. The van der Waals surface area contributed by atoms with Gasteiger partial charge in [-0.2, -0.15) is 0 Å². The standard InChI is InChI=1S/C18H16N4O8S/c1-9(23)20-4-3-13-14(8-20)31-17(15(13)18(25)30-2)19-16(24)10-5-11(21(26)27)7-12(6-10)22(28)29/h5-7H,3-4,8H2,1-2H3,(H,19,24). The Hall–Kier alpha value is -3.87. The van der Waals surface area contributed by atoms with E-state index in [2.05, 4.69) is 5.32 Å². The third-order valence-corrected chi connectivity index (χ3v) is 5.84. The first kappa shape index (κ1) is 21.8. The SMILES string of the molecule is COC(=O)c1c(NC(=O)c2cc([N+](=O)[O-])cc([N+](=O)[O-])c2)sc2c1CCN(C(C)=O)C2. The van der Waals surface area contributed by atoms with Crippen molar-refractivity contribution in [1.82, 2.24) is 4.90 Å². The van der Waals surface area contributed by atoms with Gasteiger partial charge in [-0.3, -0.25) is 29.8 Å². The maximum atomic E-state index is 12.7. The number of nitrogens with zero attached hydrogens (tertiary/aromatic N) is 3. The van der Waals surface area contributed by atoms with Crippen molar-refractivity contribution in [3.8, 4) is 0 Å². The molecule has 0 aliphatic carbocycles. The molecule has 0 saturated heterocycles. The number of fused-ring (bicyclic) bond motifs is 1. The molecule has 0 unspecified atom stereocenters. The van der Waals surface area contributed by atoms with Gasteiger partial charge in [0.25, 0.3) is 17.3 Å². The summed E-state index contributed by atoms with van der Waals surface area (Å²) in [5.41, 5.74) is -0.757. The number of hydrogen-bond acceptors (Lipinski definition) is 9. The van der Waals surface area contributed by atoms with E-state index in [-0.39, 0.29) is 28.6 Å². The monoisotopic (exact) mass is 448 g/mol. The van der Waals surface area contributed by atoms with E-state index in [4.69, 9.17) is 4.74 Å². The highest BCUT2D eigenvalue weighted by atomic mass is 32.1. The third-order valence-electron chi connectivity index (χ3n) is 4.71. The van der Waals surface area contributed by atoms with Crippen molar-refractivity contribution in [2.45, 2.75) is 19.9 Å². The lowest BCUT2D eigenvalue weighted by Gasteiger charge is -2.25. The molecule has 2 aromatic rings. The minimum Gasteiger partial charge on any atom is -0.465 e. The Kier molecular flexibility index (Phi) is 5.97. The Balaban J connectivity index is 2.00. The van der Waals surface area contributed by atoms with E-state index in [1.807, 2.05) is 0 Å². The average Bonchev–Trinajstić information content (AvgIpc) is 3.09. The maximum absolute atomic E-state index is 12.7. The van der Waals surface area contributed by atoms with Gasteiger partial charge in [-0.1, -0.05) is 0 Å². The predicted octanol–water partition coefficient (Wildman–Crippen LogP) is 2.51. The number of nitrogens with one attached hydrogen (secondary N) is 1. The van der Waals surface area contributed by atoms with Crippen LogP contribution in [0.15, 0.2) is 18.2 Å². The summed E-state index contributed by atoms with van der Waals surface area (Å²) >= 11 is 1.08. The number of non-ortho nitro benzene ring substituents is 2. The molecule has 162 valence electrons. The van der Waals surface area contributed by atoms with Crippen molar-refractivity contribution in [2.24, 2.45) is 0 Å². The van der Waals surface area contributed by atoms with Crippen LogP contribution in [0, 0.1) is 20.2 Å². The largest absolute Gasteiger partial charge is 0.465 e. The zero-order valence-corrected chi connectivity index (χ0v) is 17.2. The van der Waals surface area contributed by atoms with Gasteiger partial charge in [0.2, 0.25) is 5.91 Å². The Morgan fingerprint density at radius 2 is 1.74 bits per heavy atom. The molecule has 2 heterocycles. The average molecular weight is 448 g/mol. The number of hydrogen-bond donors (Lipinski definition) is 1. The molecule has 31 heavy (non-hydrogen) atoms. The van der Waals surface area contributed by atoms with Crippen LogP contribution < -0.4 is 5.32 Å². The minimum atomic E-state index is -0.862. The number of carbonyl (C=O) groups is 3. The van der Waals surface area contributed by atoms with Crippen LogP contribution >= 0.6 is 11.3 Å². The number of nitro benzene ring substituents is 2. The first-order chi connectivity index (χ1) is 14.6. The molecule has 0 radical (unpaired) electrons. The Morgan fingerprint density at radius 3 is 2.26 bits per heavy atom. The number of thiophene rings is 1. The van der Waals surface area contributed by atoms with Gasteiger partial charge >= 0.3 is 5.97 Å². The highest BCUT2D eigenvalue weighted by molar-refractivity contribution is 7.17. The molecule has 1 aromatic carbocycles. The molecule has 1 aromatic heterocycles. The summed E-state index contributed by atoms with van der Waals surface area (Å²) in [7, 11) is 1.19. The normalized spacial score (nSPS) is 12.6. The van der Waals surface area contributed by atoms with Crippen molar-refractivity contribution in [2.75, 3.05) is 19.0 Å². The number of amides is 2. The van der Waals surface area contributed by atoms with Gasteiger partial charge in [-0.25, -0.2) is 4.79 Å². The summed E-state index contributed by atoms with van der Waals surface area (Å²) in [4.78, 5) is 59.5. The number of rotatable bonds is 5. The lowest BCUT2D eigenvalue weighted by molar-refractivity contribution is -0.394. The smallest absolute Gasteiger partial charge is 0.341 e. The van der Waals surface area contributed by atoms with Crippen LogP contribution in [0.1, 0.15) is 38.1 Å². The Bertz CT molecular complexity index is 1090. The summed E-state index contributed by atoms with van der Waals surface area (Å²) in [5.74, 6) is -1.68. The number of nitro groups is 2. The summed E-state index contributed by atoms with van der Waals surface area (Å²) in [6.45, 7) is 2.09. The van der Waals surface area contributed by atoms with Gasteiger partial charge in [-0.05, 0) is 12.0 Å². The van der Waals surface area contributed by atoms with Crippen molar-refractivity contribution in [3.05, 3.63) is 60.0 Å². The molecule has 1 N–H and O–H groups in total. The second kappa shape index (κ2) is 8.47. The lowest BCUT2D eigenvalue weighted by Crippen LogP contribution is -2.33. The van der Waals surface area contributed by atoms with Crippen molar-refractivity contribution in [3.63, 3.8) is 0 Å². The van der Waals surface area contributed by atoms with Crippen LogP contribution in [-0.4, -0.2) is 46.2 Å². The highest BCUT2D eigenvalue weighted by Gasteiger charge is 2.30. The number of carbonyl (C=O) groups excluding carboxylic acids is 3. The first-order valence-electron chi connectivity index (χ1n) is 8.86. The fourth-order valence-corrected chi connectivity index (χ4v) is 4.44. The molecule has 0 saturated carbocycles. The molecule has 13 heteroatoms. The van der Waals surface area contributed by atoms with Crippen molar-refractivity contribution < 1.29 is 29.0 Å².